The van der Waals surface area contributed by atoms with E-state index in [1.54, 1.807) is 20.1 Å². The van der Waals surface area contributed by atoms with Crippen LogP contribution in [0, 0.1) is 19.7 Å². The first-order valence-corrected chi connectivity index (χ1v) is 6.23. The molecule has 0 saturated carbocycles. The summed E-state index contributed by atoms with van der Waals surface area (Å²) >= 11 is 0. The van der Waals surface area contributed by atoms with Crippen molar-refractivity contribution >= 4 is 5.69 Å². The summed E-state index contributed by atoms with van der Waals surface area (Å²) in [7, 11) is 1.65. The molecule has 0 aliphatic carbocycles. The van der Waals surface area contributed by atoms with E-state index in [4.69, 9.17) is 4.74 Å². The van der Waals surface area contributed by atoms with Gasteiger partial charge in [-0.2, -0.15) is 0 Å². The normalized spacial score (nSPS) is 10.3. The van der Waals surface area contributed by atoms with Crippen LogP contribution in [0.4, 0.5) is 10.1 Å². The zero-order valence-electron chi connectivity index (χ0n) is 11.5. The Morgan fingerprint density at radius 2 is 1.89 bits per heavy atom. The third-order valence-electron chi connectivity index (χ3n) is 3.09. The zero-order valence-corrected chi connectivity index (χ0v) is 11.5. The molecule has 0 bridgehead atoms. The second kappa shape index (κ2) is 5.74. The second-order valence-electron chi connectivity index (χ2n) is 4.63. The summed E-state index contributed by atoms with van der Waals surface area (Å²) in [5.41, 5.74) is 3.65. The van der Waals surface area contributed by atoms with Crippen molar-refractivity contribution in [1.29, 1.82) is 0 Å². The predicted molar refractivity (Wildman–Crippen MR) is 76.2 cm³/mol. The van der Waals surface area contributed by atoms with Crippen LogP contribution in [0.15, 0.2) is 36.4 Å². The summed E-state index contributed by atoms with van der Waals surface area (Å²) in [6, 6.07) is 11.2. The lowest BCUT2D eigenvalue weighted by Crippen LogP contribution is -2.02. The summed E-state index contributed by atoms with van der Waals surface area (Å²) in [4.78, 5) is 0. The van der Waals surface area contributed by atoms with Crippen molar-refractivity contribution in [3.05, 3.63) is 58.9 Å². The highest BCUT2D eigenvalue weighted by atomic mass is 19.1. The summed E-state index contributed by atoms with van der Waals surface area (Å²) in [5, 5.41) is 3.21. The number of ether oxygens (including phenoxy) is 1. The van der Waals surface area contributed by atoms with Crippen LogP contribution in [0.2, 0.25) is 0 Å². The van der Waals surface area contributed by atoms with E-state index in [1.165, 1.54) is 11.6 Å². The molecule has 0 unspecified atom stereocenters. The van der Waals surface area contributed by atoms with E-state index in [0.717, 1.165) is 17.0 Å². The van der Waals surface area contributed by atoms with E-state index in [9.17, 15) is 4.39 Å². The van der Waals surface area contributed by atoms with Crippen LogP contribution in [0.1, 0.15) is 16.7 Å². The molecule has 0 aliphatic rings. The van der Waals surface area contributed by atoms with Crippen LogP contribution in [-0.2, 0) is 6.54 Å². The number of halogens is 1. The van der Waals surface area contributed by atoms with Gasteiger partial charge in [-0.25, -0.2) is 4.39 Å². The lowest BCUT2D eigenvalue weighted by Gasteiger charge is -2.12. The third kappa shape index (κ3) is 3.25. The number of rotatable bonds is 4. The van der Waals surface area contributed by atoms with Crippen molar-refractivity contribution in [3.8, 4) is 5.75 Å². The maximum Gasteiger partial charge on any atom is 0.128 e. The molecule has 0 radical (unpaired) electrons. The first-order valence-electron chi connectivity index (χ1n) is 6.23. The Morgan fingerprint density at radius 1 is 1.11 bits per heavy atom. The highest BCUT2D eigenvalue weighted by Crippen LogP contribution is 2.21. The topological polar surface area (TPSA) is 21.3 Å². The van der Waals surface area contributed by atoms with Gasteiger partial charge in [0.2, 0.25) is 0 Å². The number of hydrogen-bond donors (Lipinski definition) is 1. The molecule has 19 heavy (non-hydrogen) atoms. The number of hydrogen-bond acceptors (Lipinski definition) is 2. The Kier molecular flexibility index (Phi) is 4.05. The first kappa shape index (κ1) is 13.4. The fraction of sp³-hybridized carbons (Fsp3) is 0.250. The predicted octanol–water partition coefficient (Wildman–Crippen LogP) is 4.06. The van der Waals surface area contributed by atoms with Crippen molar-refractivity contribution in [2.24, 2.45) is 0 Å². The number of methoxy groups -OCH3 is 1. The van der Waals surface area contributed by atoms with Crippen LogP contribution >= 0.6 is 0 Å². The number of anilines is 1. The quantitative estimate of drug-likeness (QED) is 0.894. The highest BCUT2D eigenvalue weighted by molar-refractivity contribution is 5.47. The molecule has 2 aromatic rings. The average molecular weight is 259 g/mol. The molecule has 2 nitrogen and oxygen atoms in total. The number of benzene rings is 2. The molecule has 1 N–H and O–H groups in total. The van der Waals surface area contributed by atoms with E-state index >= 15 is 0 Å². The van der Waals surface area contributed by atoms with E-state index in [-0.39, 0.29) is 5.82 Å². The van der Waals surface area contributed by atoms with Gasteiger partial charge in [0.15, 0.2) is 0 Å². The molecular formula is C16H18FNO. The molecule has 0 amide bonds. The van der Waals surface area contributed by atoms with E-state index < -0.39 is 0 Å². The van der Waals surface area contributed by atoms with Crippen LogP contribution in [-0.4, -0.2) is 7.11 Å². The van der Waals surface area contributed by atoms with Crippen molar-refractivity contribution < 1.29 is 9.13 Å². The molecule has 0 heterocycles. The maximum atomic E-state index is 13.4. The molecular weight excluding hydrogens is 241 g/mol. The summed E-state index contributed by atoms with van der Waals surface area (Å²) in [6.45, 7) is 4.39. The van der Waals surface area contributed by atoms with Gasteiger partial charge in [-0.15, -0.1) is 0 Å². The molecule has 0 aliphatic heterocycles. The Hall–Kier alpha value is -2.03. The SMILES string of the molecule is COc1ccc(C)cc1CNc1ccc(C)c(F)c1. The fourth-order valence-electron chi connectivity index (χ4n) is 1.95. The molecule has 100 valence electrons. The van der Waals surface area contributed by atoms with Gasteiger partial charge in [0, 0.05) is 17.8 Å². The highest BCUT2D eigenvalue weighted by Gasteiger charge is 2.04. The van der Waals surface area contributed by atoms with Gasteiger partial charge < -0.3 is 10.1 Å². The fourth-order valence-corrected chi connectivity index (χ4v) is 1.95. The van der Waals surface area contributed by atoms with Gasteiger partial charge in [0.05, 0.1) is 7.11 Å². The molecule has 0 saturated heterocycles. The lowest BCUT2D eigenvalue weighted by molar-refractivity contribution is 0.410. The minimum Gasteiger partial charge on any atom is -0.496 e. The van der Waals surface area contributed by atoms with Crippen molar-refractivity contribution in [2.45, 2.75) is 20.4 Å². The first-order chi connectivity index (χ1) is 9.10. The smallest absolute Gasteiger partial charge is 0.128 e. The Bertz CT molecular complexity index is 581. The largest absolute Gasteiger partial charge is 0.496 e. The monoisotopic (exact) mass is 259 g/mol. The van der Waals surface area contributed by atoms with E-state index in [1.807, 2.05) is 25.1 Å². The molecule has 0 aromatic heterocycles. The van der Waals surface area contributed by atoms with Crippen molar-refractivity contribution in [1.82, 2.24) is 0 Å². The van der Waals surface area contributed by atoms with Crippen molar-refractivity contribution in [3.63, 3.8) is 0 Å². The van der Waals surface area contributed by atoms with Gasteiger partial charge >= 0.3 is 0 Å². The van der Waals surface area contributed by atoms with Gasteiger partial charge in [-0.1, -0.05) is 23.8 Å². The summed E-state index contributed by atoms with van der Waals surface area (Å²) in [5.74, 6) is 0.645. The molecule has 0 atom stereocenters. The molecule has 3 heteroatoms. The standard InChI is InChI=1S/C16H18FNO/c1-11-4-7-16(19-3)13(8-11)10-18-14-6-5-12(2)15(17)9-14/h4-9,18H,10H2,1-3H3. The Morgan fingerprint density at radius 3 is 2.58 bits per heavy atom. The number of nitrogens with one attached hydrogen (secondary N) is 1. The number of aryl methyl sites for hydroxylation is 2. The second-order valence-corrected chi connectivity index (χ2v) is 4.63. The Labute approximate surface area is 113 Å². The van der Waals surface area contributed by atoms with Gasteiger partial charge in [-0.05, 0) is 37.6 Å². The minimum atomic E-state index is -0.193. The van der Waals surface area contributed by atoms with Gasteiger partial charge in [-0.3, -0.25) is 0 Å². The molecule has 0 spiro atoms. The van der Waals surface area contributed by atoms with Crippen LogP contribution in [0.25, 0.3) is 0 Å². The molecule has 2 rings (SSSR count). The van der Waals surface area contributed by atoms with Crippen LogP contribution in [0.3, 0.4) is 0 Å². The Balaban J connectivity index is 2.13. The molecule has 0 fully saturated rings. The average Bonchev–Trinajstić information content (AvgIpc) is 2.40. The lowest BCUT2D eigenvalue weighted by atomic mass is 10.1. The van der Waals surface area contributed by atoms with Crippen molar-refractivity contribution in [2.75, 3.05) is 12.4 Å². The minimum absolute atomic E-state index is 0.193. The van der Waals surface area contributed by atoms with Gasteiger partial charge in [0.25, 0.3) is 0 Å². The summed E-state index contributed by atoms with van der Waals surface area (Å²) < 4.78 is 18.8. The van der Waals surface area contributed by atoms with E-state index in [2.05, 4.69) is 11.4 Å². The van der Waals surface area contributed by atoms with E-state index in [0.29, 0.717) is 12.1 Å². The summed E-state index contributed by atoms with van der Waals surface area (Å²) in [6.07, 6.45) is 0. The molecule has 2 aromatic carbocycles. The van der Waals surface area contributed by atoms with Crippen LogP contribution < -0.4 is 10.1 Å². The third-order valence-corrected chi connectivity index (χ3v) is 3.09. The van der Waals surface area contributed by atoms with Gasteiger partial charge in [0.1, 0.15) is 11.6 Å². The van der Waals surface area contributed by atoms with Crippen LogP contribution in [0.5, 0.6) is 5.75 Å². The maximum absolute atomic E-state index is 13.4. The zero-order chi connectivity index (χ0) is 13.8.